The highest BCUT2D eigenvalue weighted by Gasteiger charge is 2.26. The Balaban J connectivity index is 2.65. The van der Waals surface area contributed by atoms with Crippen molar-refractivity contribution in [3.8, 4) is 0 Å². The molecule has 0 fully saturated rings. The molecule has 1 aromatic heterocycles. The van der Waals surface area contributed by atoms with Gasteiger partial charge in [0, 0.05) is 18.9 Å². The van der Waals surface area contributed by atoms with E-state index in [1.54, 1.807) is 19.6 Å². The first-order valence-electron chi connectivity index (χ1n) is 5.83. The van der Waals surface area contributed by atoms with Crippen LogP contribution in [0.5, 0.6) is 0 Å². The van der Waals surface area contributed by atoms with Gasteiger partial charge in [0.05, 0.1) is 18.9 Å². The minimum absolute atomic E-state index is 0.00761. The van der Waals surface area contributed by atoms with Crippen molar-refractivity contribution >= 4 is 5.91 Å². The molecule has 0 aliphatic carbocycles. The lowest BCUT2D eigenvalue weighted by Crippen LogP contribution is -2.48. The molecule has 0 saturated heterocycles. The van der Waals surface area contributed by atoms with Crippen molar-refractivity contribution in [3.63, 3.8) is 0 Å². The summed E-state index contributed by atoms with van der Waals surface area (Å²) in [5.74, 6) is 0.0209. The lowest BCUT2D eigenvalue weighted by molar-refractivity contribution is -0.121. The first-order chi connectivity index (χ1) is 7.93. The average molecular weight is 238 g/mol. The lowest BCUT2D eigenvalue weighted by Gasteiger charge is -2.31. The molecule has 5 heteroatoms. The highest BCUT2D eigenvalue weighted by atomic mass is 16.2. The highest BCUT2D eigenvalue weighted by Crippen LogP contribution is 2.20. The van der Waals surface area contributed by atoms with E-state index < -0.39 is 0 Å². The molecule has 1 atom stereocenters. The van der Waals surface area contributed by atoms with Gasteiger partial charge in [-0.1, -0.05) is 20.8 Å². The monoisotopic (exact) mass is 238 g/mol. The molecule has 0 aliphatic rings. The van der Waals surface area contributed by atoms with Gasteiger partial charge in [-0.2, -0.15) is 0 Å². The van der Waals surface area contributed by atoms with Crippen LogP contribution in [0.4, 0.5) is 0 Å². The zero-order chi connectivity index (χ0) is 12.9. The van der Waals surface area contributed by atoms with Crippen LogP contribution >= 0.6 is 0 Å². The molecule has 0 radical (unpaired) electrons. The van der Waals surface area contributed by atoms with Crippen LogP contribution < -0.4 is 10.6 Å². The Morgan fingerprint density at radius 3 is 2.65 bits per heavy atom. The Morgan fingerprint density at radius 1 is 1.47 bits per heavy atom. The van der Waals surface area contributed by atoms with E-state index in [1.807, 2.05) is 10.8 Å². The molecule has 1 aromatic rings. The molecule has 0 aromatic carbocycles. The summed E-state index contributed by atoms with van der Waals surface area (Å²) in [5.41, 5.74) is 0.00761. The summed E-state index contributed by atoms with van der Waals surface area (Å²) in [7, 11) is 1.77. The number of nitrogens with zero attached hydrogens (tertiary/aromatic N) is 2. The summed E-state index contributed by atoms with van der Waals surface area (Å²) < 4.78 is 1.98. The van der Waals surface area contributed by atoms with Crippen molar-refractivity contribution in [2.75, 3.05) is 13.6 Å². The first-order valence-corrected chi connectivity index (χ1v) is 5.83. The number of hydrogen-bond acceptors (Lipinski definition) is 3. The fourth-order valence-corrected chi connectivity index (χ4v) is 1.55. The van der Waals surface area contributed by atoms with E-state index in [0.717, 1.165) is 6.54 Å². The topological polar surface area (TPSA) is 59.0 Å². The van der Waals surface area contributed by atoms with Crippen molar-refractivity contribution in [1.29, 1.82) is 0 Å². The maximum Gasteiger partial charge on any atom is 0.234 e. The molecule has 0 spiro atoms. The Morgan fingerprint density at radius 2 is 2.18 bits per heavy atom. The predicted octanol–water partition coefficient (Wildman–Crippen LogP) is 0.633. The number of likely N-dealkylation sites (N-methyl/N-ethyl adjacent to an activating group) is 1. The van der Waals surface area contributed by atoms with Crippen molar-refractivity contribution in [2.24, 2.45) is 5.41 Å². The fourth-order valence-electron chi connectivity index (χ4n) is 1.55. The molecule has 0 saturated carbocycles. The number of carbonyl (C=O) groups excluding carboxylic acids is 1. The molecule has 1 unspecified atom stereocenters. The molecular weight excluding hydrogens is 216 g/mol. The normalized spacial score (nSPS) is 13.4. The number of imidazole rings is 1. The molecule has 17 heavy (non-hydrogen) atoms. The van der Waals surface area contributed by atoms with Gasteiger partial charge in [-0.3, -0.25) is 4.79 Å². The van der Waals surface area contributed by atoms with Gasteiger partial charge >= 0.3 is 0 Å². The zero-order valence-corrected chi connectivity index (χ0v) is 11.0. The Bertz CT molecular complexity index is 340. The van der Waals surface area contributed by atoms with Crippen LogP contribution in [0, 0.1) is 5.41 Å². The molecule has 5 nitrogen and oxygen atoms in total. The maximum absolute atomic E-state index is 11.6. The van der Waals surface area contributed by atoms with Gasteiger partial charge in [-0.05, 0) is 12.5 Å². The largest absolute Gasteiger partial charge is 0.350 e. The second-order valence-corrected chi connectivity index (χ2v) is 5.28. The first kappa shape index (κ1) is 13.7. The van der Waals surface area contributed by atoms with E-state index in [2.05, 4.69) is 36.4 Å². The summed E-state index contributed by atoms with van der Waals surface area (Å²) >= 11 is 0. The molecular formula is C12H22N4O. The van der Waals surface area contributed by atoms with E-state index >= 15 is 0 Å². The van der Waals surface area contributed by atoms with E-state index in [-0.39, 0.29) is 17.4 Å². The third-order valence-electron chi connectivity index (χ3n) is 2.67. The van der Waals surface area contributed by atoms with Crippen LogP contribution in [0.25, 0.3) is 0 Å². The van der Waals surface area contributed by atoms with Gasteiger partial charge in [0.1, 0.15) is 0 Å². The third kappa shape index (κ3) is 4.56. The second-order valence-electron chi connectivity index (χ2n) is 5.28. The van der Waals surface area contributed by atoms with Crippen LogP contribution in [0.3, 0.4) is 0 Å². The number of rotatable bonds is 5. The smallest absolute Gasteiger partial charge is 0.234 e. The Kier molecular flexibility index (Phi) is 4.69. The van der Waals surface area contributed by atoms with Gasteiger partial charge in [0.25, 0.3) is 0 Å². The third-order valence-corrected chi connectivity index (χ3v) is 2.67. The van der Waals surface area contributed by atoms with Gasteiger partial charge in [0.15, 0.2) is 0 Å². The highest BCUT2D eigenvalue weighted by molar-refractivity contribution is 5.78. The molecule has 1 heterocycles. The van der Waals surface area contributed by atoms with Crippen molar-refractivity contribution < 1.29 is 4.79 Å². The maximum atomic E-state index is 11.6. The van der Waals surface area contributed by atoms with Crippen LogP contribution in [-0.4, -0.2) is 35.1 Å². The van der Waals surface area contributed by atoms with Crippen molar-refractivity contribution in [1.82, 2.24) is 20.2 Å². The number of carbonyl (C=O) groups is 1. The van der Waals surface area contributed by atoms with Crippen molar-refractivity contribution in [3.05, 3.63) is 18.7 Å². The summed E-state index contributed by atoms with van der Waals surface area (Å²) in [6, 6.07) is 0.0811. The average Bonchev–Trinajstić information content (AvgIpc) is 2.68. The fraction of sp³-hybridized carbons (Fsp3) is 0.667. The van der Waals surface area contributed by atoms with Gasteiger partial charge < -0.3 is 15.2 Å². The minimum Gasteiger partial charge on any atom is -0.350 e. The van der Waals surface area contributed by atoms with E-state index in [4.69, 9.17) is 0 Å². The number of hydrogen-bond donors (Lipinski definition) is 2. The quantitative estimate of drug-likeness (QED) is 0.791. The standard InChI is InChI=1S/C12H22N4O/c1-12(2,3)10(15-11(17)7-13-4)8-16-6-5-14-9-16/h5-6,9-10,13H,7-8H2,1-4H3,(H,15,17). The molecule has 96 valence electrons. The van der Waals surface area contributed by atoms with Gasteiger partial charge in [0.2, 0.25) is 5.91 Å². The molecule has 2 N–H and O–H groups in total. The van der Waals surface area contributed by atoms with Crippen molar-refractivity contribution in [2.45, 2.75) is 33.4 Å². The number of amides is 1. The minimum atomic E-state index is 0.00761. The molecule has 0 aliphatic heterocycles. The lowest BCUT2D eigenvalue weighted by atomic mass is 9.86. The molecule has 1 rings (SSSR count). The van der Waals surface area contributed by atoms with Gasteiger partial charge in [-0.15, -0.1) is 0 Å². The number of aromatic nitrogens is 2. The SMILES string of the molecule is CNCC(=O)NC(Cn1ccnc1)C(C)(C)C. The van der Waals surface area contributed by atoms with Gasteiger partial charge in [-0.25, -0.2) is 4.98 Å². The van der Waals surface area contributed by atoms with Crippen LogP contribution in [0.2, 0.25) is 0 Å². The predicted molar refractivity (Wildman–Crippen MR) is 67.5 cm³/mol. The Labute approximate surface area is 103 Å². The number of nitrogens with one attached hydrogen (secondary N) is 2. The van der Waals surface area contributed by atoms with E-state index in [0.29, 0.717) is 6.54 Å². The zero-order valence-electron chi connectivity index (χ0n) is 11.0. The van der Waals surface area contributed by atoms with Crippen LogP contribution in [-0.2, 0) is 11.3 Å². The van der Waals surface area contributed by atoms with E-state index in [9.17, 15) is 4.79 Å². The van der Waals surface area contributed by atoms with E-state index in [1.165, 1.54) is 0 Å². The summed E-state index contributed by atoms with van der Waals surface area (Å²) in [6.07, 6.45) is 5.42. The molecule has 1 amide bonds. The Hall–Kier alpha value is -1.36. The van der Waals surface area contributed by atoms with Crippen LogP contribution in [0.15, 0.2) is 18.7 Å². The van der Waals surface area contributed by atoms with Crippen LogP contribution in [0.1, 0.15) is 20.8 Å². The summed E-state index contributed by atoms with van der Waals surface area (Å²) in [6.45, 7) is 7.44. The second kappa shape index (κ2) is 5.82. The summed E-state index contributed by atoms with van der Waals surface area (Å²) in [5, 5.41) is 5.90. The summed E-state index contributed by atoms with van der Waals surface area (Å²) in [4.78, 5) is 15.6. The molecule has 0 bridgehead atoms.